The van der Waals surface area contributed by atoms with Crippen molar-refractivity contribution in [2.45, 2.75) is 0 Å². The molecule has 0 saturated heterocycles. The van der Waals surface area contributed by atoms with Crippen LogP contribution in [0.1, 0.15) is 0 Å². The van der Waals surface area contributed by atoms with E-state index in [-0.39, 0.29) is 5.75 Å². The van der Waals surface area contributed by atoms with Crippen LogP contribution in [0.3, 0.4) is 0 Å². The van der Waals surface area contributed by atoms with E-state index < -0.39 is 13.1 Å². The van der Waals surface area contributed by atoms with E-state index in [1.165, 1.54) is 6.07 Å². The maximum Gasteiger partial charge on any atom is 0.707 e. The van der Waals surface area contributed by atoms with Crippen LogP contribution >= 0.6 is 0 Å². The molecule has 0 bridgehead atoms. The monoisotopic (exact) mass is 282 g/mol. The molecule has 0 aliphatic carbocycles. The summed E-state index contributed by atoms with van der Waals surface area (Å²) >= 11 is 0. The van der Waals surface area contributed by atoms with Gasteiger partial charge in [-0.2, -0.15) is 0 Å². The largest absolute Gasteiger partial charge is 0.707 e. The van der Waals surface area contributed by atoms with Crippen molar-refractivity contribution in [2.24, 2.45) is 0 Å². The Labute approximate surface area is 121 Å². The van der Waals surface area contributed by atoms with E-state index in [2.05, 4.69) is 0 Å². The summed E-state index contributed by atoms with van der Waals surface area (Å²) in [4.78, 5) is 0. The van der Waals surface area contributed by atoms with Crippen LogP contribution in [-0.2, 0) is 0 Å². The van der Waals surface area contributed by atoms with Gasteiger partial charge >= 0.3 is 7.32 Å². The lowest BCUT2D eigenvalue weighted by atomic mass is 9.97. The number of fused-ring (bicyclic) bond motifs is 1. The van der Waals surface area contributed by atoms with Crippen LogP contribution in [0, 0.1) is 5.82 Å². The summed E-state index contributed by atoms with van der Waals surface area (Å²) in [6.45, 7) is 0. The van der Waals surface area contributed by atoms with Gasteiger partial charge in [-0.05, 0) is 22.6 Å². The fourth-order valence-corrected chi connectivity index (χ4v) is 2.37. The predicted octanol–water partition coefficient (Wildman–Crippen LogP) is 2.99. The molecule has 0 heterocycles. The van der Waals surface area contributed by atoms with Crippen LogP contribution in [0.4, 0.5) is 4.39 Å². The second kappa shape index (κ2) is 5.56. The van der Waals surface area contributed by atoms with Gasteiger partial charge in [0, 0.05) is 5.39 Å². The molecule has 0 fully saturated rings. The summed E-state index contributed by atoms with van der Waals surface area (Å²) in [5.74, 6) is -0.805. The van der Waals surface area contributed by atoms with Crippen LogP contribution in [0.5, 0.6) is 5.75 Å². The molecule has 104 valence electrons. The molecule has 0 spiro atoms. The molecular weight excluding hydrogens is 270 g/mol. The first-order valence-electron chi connectivity index (χ1n) is 6.46. The summed E-state index contributed by atoms with van der Waals surface area (Å²) in [5, 5.41) is 19.0. The molecular formula is C16H12BFO3. The fraction of sp³-hybridized carbons (Fsp3) is 0. The topological polar surface area (TPSA) is 49.7 Å². The third-order valence-electron chi connectivity index (χ3n) is 3.26. The van der Waals surface area contributed by atoms with Gasteiger partial charge in [0.25, 0.3) is 0 Å². The first-order chi connectivity index (χ1) is 10.2. The minimum atomic E-state index is -2.07. The van der Waals surface area contributed by atoms with Crippen LogP contribution in [0.25, 0.3) is 21.9 Å². The van der Waals surface area contributed by atoms with E-state index in [9.17, 15) is 4.39 Å². The molecule has 5 heteroatoms. The van der Waals surface area contributed by atoms with Crippen LogP contribution in [-0.4, -0.2) is 17.4 Å². The predicted molar refractivity (Wildman–Crippen MR) is 80.2 cm³/mol. The van der Waals surface area contributed by atoms with Gasteiger partial charge in [-0.1, -0.05) is 54.6 Å². The van der Waals surface area contributed by atoms with Gasteiger partial charge in [0.15, 0.2) is 5.82 Å². The molecule has 0 saturated carbocycles. The highest BCUT2D eigenvalue weighted by Crippen LogP contribution is 2.35. The van der Waals surface area contributed by atoms with Crippen molar-refractivity contribution in [3.05, 3.63) is 66.5 Å². The normalized spacial score (nSPS) is 10.6. The van der Waals surface area contributed by atoms with Gasteiger partial charge in [0.05, 0.1) is 0 Å². The van der Waals surface area contributed by atoms with Gasteiger partial charge in [-0.15, -0.1) is 0 Å². The van der Waals surface area contributed by atoms with Crippen molar-refractivity contribution in [3.63, 3.8) is 0 Å². The number of rotatable bonds is 3. The highest BCUT2D eigenvalue weighted by atomic mass is 19.1. The number of benzene rings is 3. The Morgan fingerprint density at radius 2 is 1.48 bits per heavy atom. The molecule has 0 aliphatic rings. The van der Waals surface area contributed by atoms with E-state index in [4.69, 9.17) is 14.7 Å². The van der Waals surface area contributed by atoms with Crippen LogP contribution < -0.4 is 4.65 Å². The van der Waals surface area contributed by atoms with Gasteiger partial charge < -0.3 is 14.7 Å². The Balaban J connectivity index is 2.30. The van der Waals surface area contributed by atoms with Gasteiger partial charge in [0.1, 0.15) is 5.75 Å². The highest BCUT2D eigenvalue weighted by molar-refractivity contribution is 6.33. The number of hydrogen-bond donors (Lipinski definition) is 2. The molecule has 0 radical (unpaired) electrons. The summed E-state index contributed by atoms with van der Waals surface area (Å²) in [7, 11) is -2.07. The quantitative estimate of drug-likeness (QED) is 0.726. The van der Waals surface area contributed by atoms with Gasteiger partial charge in [0.2, 0.25) is 0 Å². The maximum atomic E-state index is 14.4. The zero-order chi connectivity index (χ0) is 14.8. The molecule has 21 heavy (non-hydrogen) atoms. The van der Waals surface area contributed by atoms with Crippen molar-refractivity contribution in [1.29, 1.82) is 0 Å². The van der Waals surface area contributed by atoms with E-state index >= 15 is 0 Å². The molecule has 3 rings (SSSR count). The van der Waals surface area contributed by atoms with Crippen LogP contribution in [0.2, 0.25) is 0 Å². The third-order valence-corrected chi connectivity index (χ3v) is 3.26. The SMILES string of the molecule is OB(O)Oc1cc(-c2ccccc2)c2ccccc2c1F. The van der Waals surface area contributed by atoms with E-state index in [0.717, 1.165) is 16.5 Å². The Hall–Kier alpha value is -2.37. The first kappa shape index (κ1) is 13.6. The number of hydrogen-bond acceptors (Lipinski definition) is 3. The average molecular weight is 282 g/mol. The summed E-state index contributed by atoms with van der Waals surface area (Å²) in [6.07, 6.45) is 0. The third kappa shape index (κ3) is 2.61. The zero-order valence-electron chi connectivity index (χ0n) is 11.0. The Morgan fingerprint density at radius 1 is 0.857 bits per heavy atom. The second-order valence-corrected chi connectivity index (χ2v) is 4.59. The first-order valence-corrected chi connectivity index (χ1v) is 6.46. The number of halogens is 1. The fourth-order valence-electron chi connectivity index (χ4n) is 2.37. The lowest BCUT2D eigenvalue weighted by Gasteiger charge is -2.13. The minimum absolute atomic E-state index is 0.192. The van der Waals surface area contributed by atoms with E-state index in [1.54, 1.807) is 12.1 Å². The van der Waals surface area contributed by atoms with Gasteiger partial charge in [-0.3, -0.25) is 0 Å². The standard InChI is InChI=1S/C16H12BFO3/c18-16-13-9-5-4-8-12(13)14(10-15(16)21-17(19)20)11-6-2-1-3-7-11/h1-10,19-20H. The molecule has 0 atom stereocenters. The average Bonchev–Trinajstić information content (AvgIpc) is 2.51. The van der Waals surface area contributed by atoms with Crippen molar-refractivity contribution in [3.8, 4) is 16.9 Å². The molecule has 0 amide bonds. The molecule has 0 unspecified atom stereocenters. The van der Waals surface area contributed by atoms with Crippen LogP contribution in [0.15, 0.2) is 60.7 Å². The van der Waals surface area contributed by atoms with Gasteiger partial charge in [-0.25, -0.2) is 4.39 Å². The zero-order valence-corrected chi connectivity index (χ0v) is 11.0. The summed E-state index contributed by atoms with van der Waals surface area (Å²) < 4.78 is 19.1. The van der Waals surface area contributed by atoms with Crippen molar-refractivity contribution < 1.29 is 19.1 Å². The van der Waals surface area contributed by atoms with Crippen molar-refractivity contribution >= 4 is 18.1 Å². The molecule has 2 N–H and O–H groups in total. The maximum absolute atomic E-state index is 14.4. The molecule has 0 aliphatic heterocycles. The van der Waals surface area contributed by atoms with E-state index in [0.29, 0.717) is 5.39 Å². The smallest absolute Gasteiger partial charge is 0.510 e. The second-order valence-electron chi connectivity index (χ2n) is 4.59. The minimum Gasteiger partial charge on any atom is -0.510 e. The summed E-state index contributed by atoms with van der Waals surface area (Å²) in [5.41, 5.74) is 1.66. The Morgan fingerprint density at radius 3 is 2.14 bits per heavy atom. The van der Waals surface area contributed by atoms with E-state index in [1.807, 2.05) is 42.5 Å². The van der Waals surface area contributed by atoms with Crippen molar-refractivity contribution in [2.75, 3.05) is 0 Å². The Bertz CT molecular complexity index is 775. The molecule has 3 aromatic rings. The Kier molecular flexibility index (Phi) is 3.60. The lowest BCUT2D eigenvalue weighted by Crippen LogP contribution is -2.21. The molecule has 0 aromatic heterocycles. The molecule has 3 nitrogen and oxygen atoms in total. The summed E-state index contributed by atoms with van der Waals surface area (Å²) in [6, 6.07) is 17.9. The molecule has 3 aromatic carbocycles. The highest BCUT2D eigenvalue weighted by Gasteiger charge is 2.19. The lowest BCUT2D eigenvalue weighted by molar-refractivity contribution is 0.282. The van der Waals surface area contributed by atoms with Crippen molar-refractivity contribution in [1.82, 2.24) is 0 Å².